The van der Waals surface area contributed by atoms with Crippen molar-refractivity contribution in [2.45, 2.75) is 31.8 Å². The lowest BCUT2D eigenvalue weighted by Gasteiger charge is -2.26. The average molecular weight is 288 g/mol. The molecule has 0 saturated carbocycles. The van der Waals surface area contributed by atoms with Crippen LogP contribution in [0.4, 0.5) is 10.5 Å². The van der Waals surface area contributed by atoms with Crippen LogP contribution >= 0.6 is 0 Å². The summed E-state index contributed by atoms with van der Waals surface area (Å²) in [4.78, 5) is 17.0. The highest BCUT2D eigenvalue weighted by Gasteiger charge is 2.30. The number of amides is 2. The monoisotopic (exact) mass is 288 g/mol. The van der Waals surface area contributed by atoms with Crippen molar-refractivity contribution in [3.8, 4) is 0 Å². The Morgan fingerprint density at radius 2 is 2.14 bits per heavy atom. The van der Waals surface area contributed by atoms with Gasteiger partial charge in [0.05, 0.1) is 0 Å². The highest BCUT2D eigenvalue weighted by atomic mass is 16.2. The molecule has 3 rings (SSSR count). The number of benzene rings is 1. The molecule has 21 heavy (non-hydrogen) atoms. The van der Waals surface area contributed by atoms with E-state index in [2.05, 4.69) is 10.2 Å². The normalized spacial score (nSPS) is 22.7. The van der Waals surface area contributed by atoms with Gasteiger partial charge in [0.25, 0.3) is 0 Å². The number of urea groups is 1. The van der Waals surface area contributed by atoms with Crippen molar-refractivity contribution in [2.24, 2.45) is 5.73 Å². The number of carbonyl (C=O) groups is 1. The van der Waals surface area contributed by atoms with E-state index in [9.17, 15) is 4.79 Å². The van der Waals surface area contributed by atoms with E-state index in [0.29, 0.717) is 12.6 Å². The Bertz CT molecular complexity index is 505. The van der Waals surface area contributed by atoms with Gasteiger partial charge in [0.15, 0.2) is 0 Å². The lowest BCUT2D eigenvalue weighted by molar-refractivity contribution is 0.200. The number of hydrogen-bond donors (Lipinski definition) is 2. The van der Waals surface area contributed by atoms with E-state index >= 15 is 0 Å². The number of nitrogens with zero attached hydrogens (tertiary/aromatic N) is 2. The highest BCUT2D eigenvalue weighted by Crippen LogP contribution is 2.22. The Kier molecular flexibility index (Phi) is 4.41. The van der Waals surface area contributed by atoms with Crippen LogP contribution < -0.4 is 11.1 Å². The second-order valence-electron chi connectivity index (χ2n) is 5.97. The lowest BCUT2D eigenvalue weighted by atomic mass is 10.2. The molecule has 2 aliphatic heterocycles. The van der Waals surface area contributed by atoms with Gasteiger partial charge in [0.1, 0.15) is 0 Å². The minimum absolute atomic E-state index is 0.0120. The molecule has 5 nitrogen and oxygen atoms in total. The third-order valence-electron chi connectivity index (χ3n) is 4.50. The van der Waals surface area contributed by atoms with Crippen LogP contribution in [-0.4, -0.2) is 48.1 Å². The predicted octanol–water partition coefficient (Wildman–Crippen LogP) is 1.85. The van der Waals surface area contributed by atoms with Gasteiger partial charge >= 0.3 is 6.03 Å². The van der Waals surface area contributed by atoms with Crippen LogP contribution in [0, 0.1) is 0 Å². The van der Waals surface area contributed by atoms with Crippen LogP contribution in [0.25, 0.3) is 0 Å². The molecule has 2 aliphatic rings. The molecule has 0 radical (unpaired) electrons. The SMILES string of the molecule is NCc1cccc(NC(=O)N2CCCN3CCCC3C2)c1. The van der Waals surface area contributed by atoms with Crippen molar-refractivity contribution < 1.29 is 4.79 Å². The Balaban J connectivity index is 1.64. The summed E-state index contributed by atoms with van der Waals surface area (Å²) >= 11 is 0. The molecule has 3 N–H and O–H groups in total. The number of nitrogens with two attached hydrogens (primary N) is 1. The Morgan fingerprint density at radius 3 is 3.00 bits per heavy atom. The number of hydrogen-bond acceptors (Lipinski definition) is 3. The standard InChI is InChI=1S/C16H24N4O/c17-11-13-4-1-5-14(10-13)18-16(21)20-9-3-8-19-7-2-6-15(19)12-20/h1,4-5,10,15H,2-3,6-9,11-12,17H2,(H,18,21). The van der Waals surface area contributed by atoms with E-state index in [1.807, 2.05) is 29.2 Å². The summed E-state index contributed by atoms with van der Waals surface area (Å²) in [7, 11) is 0. The molecule has 2 fully saturated rings. The predicted molar refractivity (Wildman–Crippen MR) is 84.1 cm³/mol. The minimum atomic E-state index is 0.0120. The molecule has 0 aliphatic carbocycles. The summed E-state index contributed by atoms with van der Waals surface area (Å²) < 4.78 is 0. The maximum atomic E-state index is 12.5. The summed E-state index contributed by atoms with van der Waals surface area (Å²) in [6, 6.07) is 8.32. The lowest BCUT2D eigenvalue weighted by Crippen LogP contribution is -2.41. The van der Waals surface area contributed by atoms with Crippen molar-refractivity contribution >= 4 is 11.7 Å². The third-order valence-corrected chi connectivity index (χ3v) is 4.50. The largest absolute Gasteiger partial charge is 0.326 e. The fraction of sp³-hybridized carbons (Fsp3) is 0.562. The van der Waals surface area contributed by atoms with Crippen LogP contribution in [0.3, 0.4) is 0 Å². The molecule has 0 aromatic heterocycles. The summed E-state index contributed by atoms with van der Waals surface area (Å²) in [6.07, 6.45) is 3.54. The first-order chi connectivity index (χ1) is 10.3. The quantitative estimate of drug-likeness (QED) is 0.873. The molecule has 2 saturated heterocycles. The van der Waals surface area contributed by atoms with Gasteiger partial charge < -0.3 is 16.0 Å². The van der Waals surface area contributed by atoms with Crippen LogP contribution in [0.5, 0.6) is 0 Å². The smallest absolute Gasteiger partial charge is 0.321 e. The first-order valence-corrected chi connectivity index (χ1v) is 7.85. The topological polar surface area (TPSA) is 61.6 Å². The molecule has 2 heterocycles. The van der Waals surface area contributed by atoms with E-state index in [0.717, 1.165) is 37.3 Å². The number of anilines is 1. The molecule has 5 heteroatoms. The summed E-state index contributed by atoms with van der Waals surface area (Å²) in [5.41, 5.74) is 7.50. The van der Waals surface area contributed by atoms with E-state index in [4.69, 9.17) is 5.73 Å². The van der Waals surface area contributed by atoms with Crippen molar-refractivity contribution in [3.63, 3.8) is 0 Å². The molecule has 2 amide bonds. The molecule has 1 atom stereocenters. The summed E-state index contributed by atoms with van der Waals surface area (Å²) in [6.45, 7) is 4.50. The van der Waals surface area contributed by atoms with Gasteiger partial charge in [-0.25, -0.2) is 4.79 Å². The zero-order valence-electron chi connectivity index (χ0n) is 12.4. The molecule has 0 spiro atoms. The van der Waals surface area contributed by atoms with Crippen LogP contribution in [0.2, 0.25) is 0 Å². The highest BCUT2D eigenvalue weighted by molar-refractivity contribution is 5.89. The van der Waals surface area contributed by atoms with Gasteiger partial charge in [0.2, 0.25) is 0 Å². The molecular weight excluding hydrogens is 264 g/mol. The Labute approximate surface area is 126 Å². The fourth-order valence-electron chi connectivity index (χ4n) is 3.37. The Hall–Kier alpha value is -1.59. The minimum Gasteiger partial charge on any atom is -0.326 e. The number of carbonyl (C=O) groups excluding carboxylic acids is 1. The number of nitrogens with one attached hydrogen (secondary N) is 1. The van der Waals surface area contributed by atoms with Gasteiger partial charge in [-0.15, -0.1) is 0 Å². The van der Waals surface area contributed by atoms with Crippen molar-refractivity contribution in [1.29, 1.82) is 0 Å². The van der Waals surface area contributed by atoms with Gasteiger partial charge in [-0.1, -0.05) is 12.1 Å². The molecule has 0 bridgehead atoms. The van der Waals surface area contributed by atoms with Gasteiger partial charge in [0, 0.05) is 37.9 Å². The molecule has 1 aromatic rings. The zero-order valence-corrected chi connectivity index (χ0v) is 12.4. The number of fused-ring (bicyclic) bond motifs is 1. The van der Waals surface area contributed by atoms with Crippen LogP contribution in [-0.2, 0) is 6.54 Å². The average Bonchev–Trinajstić information content (AvgIpc) is 2.84. The third kappa shape index (κ3) is 3.36. The second-order valence-corrected chi connectivity index (χ2v) is 5.97. The molecule has 1 unspecified atom stereocenters. The van der Waals surface area contributed by atoms with Gasteiger partial charge in [-0.05, 0) is 43.5 Å². The van der Waals surface area contributed by atoms with E-state index in [1.54, 1.807) is 0 Å². The molecule has 114 valence electrons. The first-order valence-electron chi connectivity index (χ1n) is 7.85. The fourth-order valence-corrected chi connectivity index (χ4v) is 3.37. The van der Waals surface area contributed by atoms with Crippen molar-refractivity contribution in [1.82, 2.24) is 9.80 Å². The van der Waals surface area contributed by atoms with E-state index in [1.165, 1.54) is 19.4 Å². The summed E-state index contributed by atoms with van der Waals surface area (Å²) in [5, 5.41) is 3.01. The van der Waals surface area contributed by atoms with Gasteiger partial charge in [-0.3, -0.25) is 4.90 Å². The maximum Gasteiger partial charge on any atom is 0.321 e. The maximum absolute atomic E-state index is 12.5. The van der Waals surface area contributed by atoms with Crippen molar-refractivity contribution in [3.05, 3.63) is 29.8 Å². The number of rotatable bonds is 2. The molecular formula is C16H24N4O. The first kappa shape index (κ1) is 14.4. The van der Waals surface area contributed by atoms with Crippen LogP contribution in [0.15, 0.2) is 24.3 Å². The van der Waals surface area contributed by atoms with E-state index < -0.39 is 0 Å². The zero-order chi connectivity index (χ0) is 14.7. The Morgan fingerprint density at radius 1 is 1.29 bits per heavy atom. The summed E-state index contributed by atoms with van der Waals surface area (Å²) in [5.74, 6) is 0. The second kappa shape index (κ2) is 6.45. The van der Waals surface area contributed by atoms with Crippen LogP contribution in [0.1, 0.15) is 24.8 Å². The van der Waals surface area contributed by atoms with Gasteiger partial charge in [-0.2, -0.15) is 0 Å². The van der Waals surface area contributed by atoms with E-state index in [-0.39, 0.29) is 6.03 Å². The van der Waals surface area contributed by atoms with Crippen molar-refractivity contribution in [2.75, 3.05) is 31.5 Å². The molecule has 1 aromatic carbocycles.